The first kappa shape index (κ1) is 37.9. The quantitative estimate of drug-likeness (QED) is 0.201. The number of rotatable bonds is 7. The van der Waals surface area contributed by atoms with Gasteiger partial charge in [-0.25, -0.2) is 4.79 Å². The van der Waals surface area contributed by atoms with Crippen molar-refractivity contribution < 1.29 is 38.4 Å². The average Bonchev–Trinajstić information content (AvgIpc) is 3.87. The first-order chi connectivity index (χ1) is 27.4. The predicted molar refractivity (Wildman–Crippen MR) is 214 cm³/mol. The van der Waals surface area contributed by atoms with Gasteiger partial charge >= 0.3 is 17.9 Å². The first-order valence-electron chi connectivity index (χ1n) is 20.4. The van der Waals surface area contributed by atoms with Gasteiger partial charge in [0.15, 0.2) is 6.10 Å². The molecule has 1 aromatic heterocycles. The summed E-state index contributed by atoms with van der Waals surface area (Å²) in [6, 6.07) is 11.2. The van der Waals surface area contributed by atoms with E-state index in [1.807, 2.05) is 37.1 Å². The van der Waals surface area contributed by atoms with E-state index in [1.165, 1.54) is 26.7 Å². The third kappa shape index (κ3) is 4.69. The molecule has 2 N–H and O–H groups in total. The van der Waals surface area contributed by atoms with Crippen molar-refractivity contribution in [1.29, 1.82) is 0 Å². The van der Waals surface area contributed by atoms with E-state index in [1.54, 1.807) is 7.11 Å². The number of anilines is 1. The van der Waals surface area contributed by atoms with Crippen LogP contribution in [0.3, 0.4) is 0 Å². The summed E-state index contributed by atoms with van der Waals surface area (Å²) in [7, 11) is 6.23. The van der Waals surface area contributed by atoms with Gasteiger partial charge in [0.2, 0.25) is 5.60 Å². The maximum absolute atomic E-state index is 15.3. The SMILES string of the molecule is CCC1=C[C@@H]2C[N@@](CCc3c([nH]c4ccccc34)[C@@]2(C(=O)OC)c2cc3c(cc2OC)N(C)[C@H]2[C@@](O)(C(=O)OC)[C@H](OC(C)=O)[C@]4(CC)C=CCN5CC[C@]32[C@@H]54)C1. The van der Waals surface area contributed by atoms with Gasteiger partial charge in [0.1, 0.15) is 11.2 Å². The van der Waals surface area contributed by atoms with Crippen molar-refractivity contribution in [2.75, 3.05) is 66.0 Å². The lowest BCUT2D eigenvalue weighted by atomic mass is 9.47. The first-order valence-corrected chi connectivity index (χ1v) is 20.4. The molecular formula is C45H54N4O8. The van der Waals surface area contributed by atoms with E-state index >= 15 is 4.79 Å². The Bertz CT molecular complexity index is 2250. The third-order valence-corrected chi connectivity index (χ3v) is 14.9. The van der Waals surface area contributed by atoms with Crippen LogP contribution in [0, 0.1) is 11.3 Å². The number of para-hydroxylation sites is 1. The van der Waals surface area contributed by atoms with Crippen LogP contribution in [0.1, 0.15) is 62.4 Å². The number of H-pyrrole nitrogens is 1. The summed E-state index contributed by atoms with van der Waals surface area (Å²) in [4.78, 5) is 53.3. The minimum absolute atomic E-state index is 0.281. The minimum Gasteiger partial charge on any atom is -0.496 e. The lowest BCUT2D eigenvalue weighted by molar-refractivity contribution is -0.228. The molecule has 2 aromatic carbocycles. The van der Waals surface area contributed by atoms with Gasteiger partial charge in [-0.1, -0.05) is 55.8 Å². The van der Waals surface area contributed by atoms with E-state index in [4.69, 9.17) is 18.9 Å². The fourth-order valence-electron chi connectivity index (χ4n) is 12.9. The molecule has 1 saturated heterocycles. The number of aromatic nitrogens is 1. The van der Waals surface area contributed by atoms with Crippen molar-refractivity contribution in [2.24, 2.45) is 11.3 Å². The Morgan fingerprint density at radius 1 is 1.00 bits per heavy atom. The van der Waals surface area contributed by atoms with E-state index < -0.39 is 51.9 Å². The average molecular weight is 779 g/mol. The van der Waals surface area contributed by atoms with E-state index in [0.29, 0.717) is 43.8 Å². The van der Waals surface area contributed by atoms with Gasteiger partial charge in [0.05, 0.1) is 27.4 Å². The number of nitrogens with zero attached hydrogens (tertiary/aromatic N) is 3. The number of benzene rings is 2. The maximum atomic E-state index is 15.3. The highest BCUT2D eigenvalue weighted by Gasteiger charge is 2.80. The molecule has 6 heterocycles. The lowest BCUT2D eigenvalue weighted by Gasteiger charge is -2.63. The van der Waals surface area contributed by atoms with Gasteiger partial charge in [-0.2, -0.15) is 0 Å². The number of aliphatic hydroxyl groups is 1. The molecule has 12 heteroatoms. The monoisotopic (exact) mass is 778 g/mol. The fourth-order valence-corrected chi connectivity index (χ4v) is 12.9. The number of hydrogen-bond donors (Lipinski definition) is 2. The molecule has 9 rings (SSSR count). The Morgan fingerprint density at radius 3 is 2.47 bits per heavy atom. The molecule has 0 unspecified atom stereocenters. The number of ether oxygens (including phenoxy) is 4. The van der Waals surface area contributed by atoms with Gasteiger partial charge < -0.3 is 33.9 Å². The predicted octanol–water partition coefficient (Wildman–Crippen LogP) is 4.41. The van der Waals surface area contributed by atoms with Crippen LogP contribution in [0.25, 0.3) is 10.9 Å². The van der Waals surface area contributed by atoms with Crippen molar-refractivity contribution in [3.8, 4) is 5.75 Å². The normalized spacial score (nSPS) is 34.9. The molecule has 5 aliphatic heterocycles. The van der Waals surface area contributed by atoms with E-state index in [0.717, 1.165) is 59.3 Å². The summed E-state index contributed by atoms with van der Waals surface area (Å²) >= 11 is 0. The summed E-state index contributed by atoms with van der Waals surface area (Å²) in [6.45, 7) is 9.16. The Kier molecular flexibility index (Phi) is 8.77. The van der Waals surface area contributed by atoms with Crippen molar-refractivity contribution in [1.82, 2.24) is 14.8 Å². The fraction of sp³-hybridized carbons (Fsp3) is 0.533. The number of likely N-dealkylation sites (N-methyl/N-ethyl adjacent to an activating group) is 1. The molecule has 2 bridgehead atoms. The Balaban J connectivity index is 1.40. The van der Waals surface area contributed by atoms with Gasteiger partial charge in [-0.05, 0) is 55.5 Å². The molecule has 6 aliphatic rings. The molecule has 3 aromatic rings. The summed E-state index contributed by atoms with van der Waals surface area (Å²) in [5.74, 6) is -1.68. The van der Waals surface area contributed by atoms with Crippen LogP contribution in [0.2, 0.25) is 0 Å². The van der Waals surface area contributed by atoms with Gasteiger partial charge in [-0.3, -0.25) is 19.4 Å². The van der Waals surface area contributed by atoms with Gasteiger partial charge in [0.25, 0.3) is 0 Å². The van der Waals surface area contributed by atoms with Crippen LogP contribution in [0.15, 0.2) is 60.2 Å². The van der Waals surface area contributed by atoms with Crippen LogP contribution in [0.4, 0.5) is 5.69 Å². The van der Waals surface area contributed by atoms with E-state index in [9.17, 15) is 14.7 Å². The number of methoxy groups -OCH3 is 3. The molecule has 12 nitrogen and oxygen atoms in total. The lowest BCUT2D eigenvalue weighted by Crippen LogP contribution is -2.81. The number of fused-ring (bicyclic) bond motifs is 6. The molecule has 302 valence electrons. The molecule has 1 spiro atoms. The molecule has 0 amide bonds. The van der Waals surface area contributed by atoms with Crippen molar-refractivity contribution in [3.05, 3.63) is 82.6 Å². The van der Waals surface area contributed by atoms with Crippen LogP contribution in [0.5, 0.6) is 5.75 Å². The molecular weight excluding hydrogens is 725 g/mol. The highest BCUT2D eigenvalue weighted by Crippen LogP contribution is 2.68. The van der Waals surface area contributed by atoms with Crippen LogP contribution in [-0.4, -0.2) is 123 Å². The number of hydrogen-bond acceptors (Lipinski definition) is 11. The van der Waals surface area contributed by atoms with Crippen molar-refractivity contribution in [2.45, 2.75) is 81.1 Å². The van der Waals surface area contributed by atoms with Crippen LogP contribution >= 0.6 is 0 Å². The standard InChI is InChI=1S/C45H54N4O8/c1-8-27-21-28-25-48(24-27)19-15-30-29-13-10-11-14-33(29)46-36(30)44(28,40(51)55-6)32-22-31-34(23-35(32)54-5)47(4)38-43(31)17-20-49-18-12-16-42(9-2,37(43)49)39(57-26(3)50)45(38,53)41(52)56-7/h10-14,16,21-23,28,37-39,46,53H,8-9,15,17-20,24-25H2,1-7H3/t28-,37+,38-,39-,42-,43-,44+,45+/m1/s1. The Labute approximate surface area is 333 Å². The van der Waals surface area contributed by atoms with Gasteiger partial charge in [-0.15, -0.1) is 0 Å². The Hall–Kier alpha value is -4.65. The number of carbonyl (C=O) groups excluding carboxylic acids is 3. The number of aromatic amines is 1. The molecule has 2 fully saturated rings. The smallest absolute Gasteiger partial charge is 0.344 e. The second kappa shape index (κ2) is 13.2. The molecule has 9 atom stereocenters. The zero-order valence-corrected chi connectivity index (χ0v) is 34.0. The highest BCUT2D eigenvalue weighted by atomic mass is 16.6. The third-order valence-electron chi connectivity index (χ3n) is 14.9. The summed E-state index contributed by atoms with van der Waals surface area (Å²) in [5.41, 5.74) is 0.930. The van der Waals surface area contributed by atoms with Gasteiger partial charge in [0, 0.05) is 96.9 Å². The highest BCUT2D eigenvalue weighted by molar-refractivity contribution is 5.95. The van der Waals surface area contributed by atoms with Crippen LogP contribution < -0.4 is 9.64 Å². The molecule has 1 aliphatic carbocycles. The van der Waals surface area contributed by atoms with E-state index in [-0.39, 0.29) is 12.0 Å². The maximum Gasteiger partial charge on any atom is 0.344 e. The van der Waals surface area contributed by atoms with Crippen LogP contribution in [-0.2, 0) is 45.8 Å². The summed E-state index contributed by atoms with van der Waals surface area (Å²) < 4.78 is 24.0. The number of nitrogens with one attached hydrogen (secondary N) is 1. The number of esters is 3. The topological polar surface area (TPSA) is 134 Å². The summed E-state index contributed by atoms with van der Waals surface area (Å²) in [6.07, 6.45) is 7.83. The van der Waals surface area contributed by atoms with Crippen molar-refractivity contribution in [3.63, 3.8) is 0 Å². The molecule has 57 heavy (non-hydrogen) atoms. The molecule has 1 saturated carbocycles. The number of carbonyl (C=O) groups is 3. The van der Waals surface area contributed by atoms with E-state index in [2.05, 4.69) is 58.1 Å². The summed E-state index contributed by atoms with van der Waals surface area (Å²) in [5, 5.41) is 14.4. The largest absolute Gasteiger partial charge is 0.496 e. The Morgan fingerprint density at radius 2 is 1.77 bits per heavy atom. The second-order valence-electron chi connectivity index (χ2n) is 17.0. The van der Waals surface area contributed by atoms with Crippen molar-refractivity contribution >= 4 is 34.5 Å². The minimum atomic E-state index is -2.28. The zero-order chi connectivity index (χ0) is 40.2. The second-order valence-corrected chi connectivity index (χ2v) is 17.0. The zero-order valence-electron chi connectivity index (χ0n) is 34.0. The molecule has 0 radical (unpaired) electrons.